The normalized spacial score (nSPS) is 10.7. The zero-order valence-electron chi connectivity index (χ0n) is 6.66. The third kappa shape index (κ3) is 1.33. The van der Waals surface area contributed by atoms with Crippen LogP contribution in [-0.4, -0.2) is 4.92 Å². The molecule has 3 nitrogen and oxygen atoms in total. The number of benzene rings is 1. The third-order valence-electron chi connectivity index (χ3n) is 1.75. The molecule has 0 aliphatic rings. The summed E-state index contributed by atoms with van der Waals surface area (Å²) >= 11 is 0.687. The van der Waals surface area contributed by atoms with Crippen LogP contribution in [0, 0.1) is 21.1 Å². The Hall–Kier alpha value is -1.56. The molecule has 2 aromatic rings. The first-order valence-corrected chi connectivity index (χ1v) is 4.42. The van der Waals surface area contributed by atoms with Crippen molar-refractivity contribution in [1.82, 2.24) is 0 Å². The summed E-state index contributed by atoms with van der Waals surface area (Å²) in [6.45, 7) is 0. The van der Waals surface area contributed by atoms with Crippen molar-refractivity contribution in [2.45, 2.75) is 0 Å². The Morgan fingerprint density at radius 1 is 1.29 bits per heavy atom. The molecule has 1 aromatic carbocycles. The fourth-order valence-electron chi connectivity index (χ4n) is 1.16. The van der Waals surface area contributed by atoms with Gasteiger partial charge in [0.2, 0.25) is 0 Å². The molecule has 0 saturated heterocycles. The van der Waals surface area contributed by atoms with Gasteiger partial charge < -0.3 is 0 Å². The van der Waals surface area contributed by atoms with E-state index in [0.717, 1.165) is 18.2 Å². The first kappa shape index (κ1) is 9.01. The average Bonchev–Trinajstić information content (AvgIpc) is 2.45. The van der Waals surface area contributed by atoms with Crippen molar-refractivity contribution < 1.29 is 13.7 Å². The molecule has 0 aliphatic carbocycles. The van der Waals surface area contributed by atoms with Gasteiger partial charge in [-0.15, -0.1) is 11.3 Å². The molecular weight excluding hydrogens is 212 g/mol. The minimum atomic E-state index is -0.769. The van der Waals surface area contributed by atoms with Crippen LogP contribution in [0.2, 0.25) is 0 Å². The van der Waals surface area contributed by atoms with Gasteiger partial charge in [0.05, 0.1) is 11.0 Å². The highest BCUT2D eigenvalue weighted by molar-refractivity contribution is 7.17. The van der Waals surface area contributed by atoms with Crippen molar-refractivity contribution in [3.05, 3.63) is 39.3 Å². The summed E-state index contributed by atoms with van der Waals surface area (Å²) in [4.78, 5) is 9.65. The zero-order valence-corrected chi connectivity index (χ0v) is 7.48. The van der Waals surface area contributed by atoms with Crippen molar-refractivity contribution in [3.8, 4) is 0 Å². The van der Waals surface area contributed by atoms with E-state index in [1.54, 1.807) is 0 Å². The molecule has 0 atom stereocenters. The topological polar surface area (TPSA) is 43.1 Å². The average molecular weight is 215 g/mol. The maximum atomic E-state index is 13.2. The van der Waals surface area contributed by atoms with Crippen LogP contribution in [0.4, 0.5) is 14.5 Å². The largest absolute Gasteiger partial charge is 0.273 e. The van der Waals surface area contributed by atoms with E-state index in [4.69, 9.17) is 0 Å². The minimum Gasteiger partial charge on any atom is -0.258 e. The first-order valence-electron chi connectivity index (χ1n) is 3.61. The van der Waals surface area contributed by atoms with E-state index in [-0.39, 0.29) is 15.8 Å². The second-order valence-electron chi connectivity index (χ2n) is 2.65. The van der Waals surface area contributed by atoms with Crippen LogP contribution in [0.25, 0.3) is 10.1 Å². The molecule has 0 spiro atoms. The molecule has 0 N–H and O–H groups in total. The Kier molecular flexibility index (Phi) is 1.92. The van der Waals surface area contributed by atoms with E-state index >= 15 is 0 Å². The lowest BCUT2D eigenvalue weighted by molar-refractivity contribution is -0.384. The molecule has 0 bridgehead atoms. The van der Waals surface area contributed by atoms with E-state index < -0.39 is 15.9 Å². The molecule has 72 valence electrons. The number of thiophene rings is 1. The van der Waals surface area contributed by atoms with Gasteiger partial charge in [0.15, 0.2) is 5.13 Å². The van der Waals surface area contributed by atoms with Crippen molar-refractivity contribution in [3.63, 3.8) is 0 Å². The number of non-ortho nitro benzene ring substituents is 1. The highest BCUT2D eigenvalue weighted by atomic mass is 32.1. The standard InChI is InChI=1S/C8H3F2NO2S/c9-6-1-4(11(12)13)2-7-5(6)3-8(10)14-7/h1-3H. The van der Waals surface area contributed by atoms with Gasteiger partial charge in [-0.3, -0.25) is 10.1 Å². The summed E-state index contributed by atoms with van der Waals surface area (Å²) in [7, 11) is 0. The summed E-state index contributed by atoms with van der Waals surface area (Å²) in [5, 5.41) is 9.88. The Labute approximate surface area is 80.7 Å². The summed E-state index contributed by atoms with van der Waals surface area (Å²) in [6.07, 6.45) is 0. The van der Waals surface area contributed by atoms with Crippen LogP contribution in [0.5, 0.6) is 0 Å². The molecule has 1 aromatic heterocycles. The van der Waals surface area contributed by atoms with E-state index in [2.05, 4.69) is 0 Å². The number of nitro groups is 1. The van der Waals surface area contributed by atoms with E-state index in [9.17, 15) is 18.9 Å². The SMILES string of the molecule is O=[N+]([O-])c1cc(F)c2cc(F)sc2c1. The lowest BCUT2D eigenvalue weighted by Crippen LogP contribution is -1.88. The number of rotatable bonds is 1. The zero-order chi connectivity index (χ0) is 10.3. The minimum absolute atomic E-state index is 0.0816. The number of hydrogen-bond donors (Lipinski definition) is 0. The van der Waals surface area contributed by atoms with Crippen LogP contribution in [0.3, 0.4) is 0 Å². The van der Waals surface area contributed by atoms with Crippen molar-refractivity contribution in [1.29, 1.82) is 0 Å². The number of fused-ring (bicyclic) bond motifs is 1. The molecule has 0 saturated carbocycles. The van der Waals surface area contributed by atoms with Gasteiger partial charge in [0.25, 0.3) is 5.69 Å². The van der Waals surface area contributed by atoms with Gasteiger partial charge in [-0.05, 0) is 6.07 Å². The highest BCUT2D eigenvalue weighted by Gasteiger charge is 2.13. The molecule has 6 heteroatoms. The second-order valence-corrected chi connectivity index (χ2v) is 3.68. The number of hydrogen-bond acceptors (Lipinski definition) is 3. The number of halogens is 2. The Bertz CT molecular complexity index is 523. The molecule has 2 rings (SSSR count). The van der Waals surface area contributed by atoms with Crippen molar-refractivity contribution in [2.75, 3.05) is 0 Å². The van der Waals surface area contributed by atoms with Gasteiger partial charge in [-0.2, -0.15) is 4.39 Å². The van der Waals surface area contributed by atoms with Crippen LogP contribution in [0.15, 0.2) is 18.2 Å². The molecule has 14 heavy (non-hydrogen) atoms. The Balaban J connectivity index is 2.77. The smallest absolute Gasteiger partial charge is 0.258 e. The first-order chi connectivity index (χ1) is 6.58. The fourth-order valence-corrected chi connectivity index (χ4v) is 1.99. The molecule has 1 heterocycles. The van der Waals surface area contributed by atoms with Crippen LogP contribution >= 0.6 is 11.3 Å². The molecule has 0 amide bonds. The van der Waals surface area contributed by atoms with E-state index in [0.29, 0.717) is 11.3 Å². The lowest BCUT2D eigenvalue weighted by Gasteiger charge is -1.93. The van der Waals surface area contributed by atoms with Crippen LogP contribution in [-0.2, 0) is 0 Å². The molecular formula is C8H3F2NO2S. The molecule has 0 aliphatic heterocycles. The fraction of sp³-hybridized carbons (Fsp3) is 0. The summed E-state index contributed by atoms with van der Waals surface area (Å²) in [6, 6.07) is 2.97. The Morgan fingerprint density at radius 3 is 2.64 bits per heavy atom. The predicted molar refractivity (Wildman–Crippen MR) is 48.4 cm³/mol. The van der Waals surface area contributed by atoms with Crippen molar-refractivity contribution in [2.24, 2.45) is 0 Å². The van der Waals surface area contributed by atoms with Gasteiger partial charge in [-0.1, -0.05) is 0 Å². The Morgan fingerprint density at radius 2 is 2.00 bits per heavy atom. The van der Waals surface area contributed by atoms with Gasteiger partial charge in [0, 0.05) is 16.2 Å². The molecule has 0 radical (unpaired) electrons. The third-order valence-corrected chi connectivity index (χ3v) is 2.62. The highest BCUT2D eigenvalue weighted by Crippen LogP contribution is 2.30. The van der Waals surface area contributed by atoms with E-state index in [1.807, 2.05) is 0 Å². The second kappa shape index (κ2) is 2.98. The summed E-state index contributed by atoms with van der Waals surface area (Å²) < 4.78 is 26.1. The van der Waals surface area contributed by atoms with Crippen LogP contribution < -0.4 is 0 Å². The maximum Gasteiger partial charge on any atom is 0.273 e. The molecule has 0 fully saturated rings. The van der Waals surface area contributed by atoms with Gasteiger partial charge >= 0.3 is 0 Å². The predicted octanol–water partition coefficient (Wildman–Crippen LogP) is 3.09. The molecule has 0 unspecified atom stereocenters. The van der Waals surface area contributed by atoms with Gasteiger partial charge in [0.1, 0.15) is 5.82 Å². The maximum absolute atomic E-state index is 13.2. The van der Waals surface area contributed by atoms with E-state index in [1.165, 1.54) is 0 Å². The monoisotopic (exact) mass is 215 g/mol. The van der Waals surface area contributed by atoms with Crippen molar-refractivity contribution >= 4 is 27.1 Å². The van der Waals surface area contributed by atoms with Gasteiger partial charge in [-0.25, -0.2) is 4.39 Å². The lowest BCUT2D eigenvalue weighted by atomic mass is 10.2. The summed E-state index contributed by atoms with van der Waals surface area (Å²) in [5.74, 6) is -0.769. The van der Waals surface area contributed by atoms with Crippen LogP contribution in [0.1, 0.15) is 0 Å². The number of nitro benzene ring substituents is 1. The number of nitrogens with zero attached hydrogens (tertiary/aromatic N) is 1. The quantitative estimate of drug-likeness (QED) is 0.542. The summed E-state index contributed by atoms with van der Waals surface area (Å²) in [5.41, 5.74) is -0.364.